The Hall–Kier alpha value is -1.69. The highest BCUT2D eigenvalue weighted by molar-refractivity contribution is 9.10. The summed E-state index contributed by atoms with van der Waals surface area (Å²) in [4.78, 5) is 26.5. The first-order chi connectivity index (χ1) is 8.08. The van der Waals surface area contributed by atoms with Gasteiger partial charge in [0.25, 0.3) is 0 Å². The van der Waals surface area contributed by atoms with Crippen molar-refractivity contribution in [1.82, 2.24) is 0 Å². The lowest BCUT2D eigenvalue weighted by molar-refractivity contribution is -0.138. The van der Waals surface area contributed by atoms with Crippen LogP contribution in [0.15, 0.2) is 33.7 Å². The zero-order valence-electron chi connectivity index (χ0n) is 9.27. The van der Waals surface area contributed by atoms with Crippen LogP contribution in [-0.2, 0) is 19.1 Å². The molecule has 0 aliphatic carbocycles. The van der Waals surface area contributed by atoms with E-state index in [1.165, 1.54) is 14.2 Å². The molecule has 0 fully saturated rings. The predicted octanol–water partition coefficient (Wildman–Crippen LogP) is 1.87. The molecule has 0 aliphatic heterocycles. The molecule has 0 aliphatic rings. The van der Waals surface area contributed by atoms with Gasteiger partial charge < -0.3 is 9.47 Å². The molecule has 5 nitrogen and oxygen atoms in total. The van der Waals surface area contributed by atoms with Crippen molar-refractivity contribution in [3.63, 3.8) is 0 Å². The number of halogens is 1. The summed E-state index contributed by atoms with van der Waals surface area (Å²) in [5.41, 5.74) is 0.0660. The summed E-state index contributed by atoms with van der Waals surface area (Å²) in [6.07, 6.45) is 0. The lowest BCUT2D eigenvalue weighted by Gasteiger charge is -2.02. The molecule has 1 aromatic rings. The molecule has 0 unspecified atom stereocenters. The second-order valence-electron chi connectivity index (χ2n) is 2.92. The Morgan fingerprint density at radius 2 is 1.53 bits per heavy atom. The van der Waals surface area contributed by atoms with Crippen molar-refractivity contribution in [1.29, 1.82) is 0 Å². The Morgan fingerprint density at radius 1 is 1.06 bits per heavy atom. The van der Waals surface area contributed by atoms with Gasteiger partial charge in [-0.2, -0.15) is 0 Å². The zero-order valence-corrected chi connectivity index (χ0v) is 10.9. The lowest BCUT2D eigenvalue weighted by atomic mass is 10.3. The van der Waals surface area contributed by atoms with E-state index in [0.717, 1.165) is 4.47 Å². The molecule has 0 atom stereocenters. The summed E-state index contributed by atoms with van der Waals surface area (Å²) in [5, 5.41) is 0. The van der Waals surface area contributed by atoms with Crippen molar-refractivity contribution in [3.05, 3.63) is 28.7 Å². The largest absolute Gasteiger partial charge is 0.464 e. The Kier molecular flexibility index (Phi) is 4.84. The summed E-state index contributed by atoms with van der Waals surface area (Å²) in [6, 6.07) is 6.78. The number of hydrogen-bond acceptors (Lipinski definition) is 5. The van der Waals surface area contributed by atoms with Crippen LogP contribution in [0.1, 0.15) is 0 Å². The summed E-state index contributed by atoms with van der Waals surface area (Å²) >= 11 is 3.27. The molecule has 6 heteroatoms. The second kappa shape index (κ2) is 6.15. The van der Waals surface area contributed by atoms with E-state index in [2.05, 4.69) is 30.4 Å². The molecule has 0 N–H and O–H groups in total. The Balaban J connectivity index is 3.09. The van der Waals surface area contributed by atoms with Crippen LogP contribution in [0.5, 0.6) is 0 Å². The molecule has 0 aromatic heterocycles. The SMILES string of the molecule is COC(=O)C(=Nc1ccc(Br)cc1)C(=O)OC. The predicted molar refractivity (Wildman–Crippen MR) is 65.3 cm³/mol. The van der Waals surface area contributed by atoms with Gasteiger partial charge in [0.2, 0.25) is 5.71 Å². The number of methoxy groups -OCH3 is 2. The highest BCUT2D eigenvalue weighted by Crippen LogP contribution is 2.17. The zero-order chi connectivity index (χ0) is 12.8. The normalized spacial score (nSPS) is 9.35. The van der Waals surface area contributed by atoms with Gasteiger partial charge in [-0.05, 0) is 24.3 Å². The van der Waals surface area contributed by atoms with Gasteiger partial charge in [0.15, 0.2) is 0 Å². The van der Waals surface area contributed by atoms with Crippen molar-refractivity contribution in [3.8, 4) is 0 Å². The van der Waals surface area contributed by atoms with Crippen LogP contribution in [0, 0.1) is 0 Å². The Morgan fingerprint density at radius 3 is 1.94 bits per heavy atom. The van der Waals surface area contributed by atoms with Gasteiger partial charge in [0.05, 0.1) is 19.9 Å². The molecule has 0 saturated heterocycles. The average molecular weight is 300 g/mol. The molecule has 0 radical (unpaired) electrons. The standard InChI is InChI=1S/C11H10BrNO4/c1-16-10(14)9(11(15)17-2)13-8-5-3-7(12)4-6-8/h3-6H,1-2H3. The van der Waals surface area contributed by atoms with Gasteiger partial charge >= 0.3 is 11.9 Å². The molecule has 0 spiro atoms. The number of rotatable bonds is 3. The van der Waals surface area contributed by atoms with E-state index in [1.807, 2.05) is 0 Å². The highest BCUT2D eigenvalue weighted by Gasteiger charge is 2.21. The Bertz CT molecular complexity index is 435. The maximum Gasteiger partial charge on any atom is 0.364 e. The molecular weight excluding hydrogens is 290 g/mol. The fourth-order valence-corrected chi connectivity index (χ4v) is 1.28. The first kappa shape index (κ1) is 13.4. The number of hydrogen-bond donors (Lipinski definition) is 0. The molecule has 1 rings (SSSR count). The molecule has 0 amide bonds. The number of benzene rings is 1. The van der Waals surface area contributed by atoms with Crippen molar-refractivity contribution in [2.24, 2.45) is 4.99 Å². The quantitative estimate of drug-likeness (QED) is 0.485. The first-order valence-electron chi connectivity index (χ1n) is 4.59. The van der Waals surface area contributed by atoms with Gasteiger partial charge in [-0.25, -0.2) is 14.6 Å². The van der Waals surface area contributed by atoms with Crippen LogP contribution in [0.25, 0.3) is 0 Å². The molecule has 90 valence electrons. The number of carbonyl (C=O) groups is 2. The van der Waals surface area contributed by atoms with Crippen molar-refractivity contribution in [2.75, 3.05) is 14.2 Å². The maximum absolute atomic E-state index is 11.3. The van der Waals surface area contributed by atoms with Crippen LogP contribution in [0.2, 0.25) is 0 Å². The molecule has 0 bridgehead atoms. The molecule has 0 saturated carbocycles. The number of esters is 2. The van der Waals surface area contributed by atoms with Crippen molar-refractivity contribution >= 4 is 39.3 Å². The van der Waals surface area contributed by atoms with Crippen LogP contribution in [0.4, 0.5) is 5.69 Å². The fourth-order valence-electron chi connectivity index (χ4n) is 1.01. The third-order valence-electron chi connectivity index (χ3n) is 1.83. The Labute approximate surface area is 107 Å². The van der Waals surface area contributed by atoms with E-state index in [0.29, 0.717) is 5.69 Å². The number of nitrogens with zero attached hydrogens (tertiary/aromatic N) is 1. The van der Waals surface area contributed by atoms with Crippen LogP contribution in [0.3, 0.4) is 0 Å². The first-order valence-corrected chi connectivity index (χ1v) is 5.38. The number of ether oxygens (including phenoxy) is 2. The summed E-state index contributed by atoms with van der Waals surface area (Å²) < 4.78 is 9.77. The van der Waals surface area contributed by atoms with Crippen LogP contribution >= 0.6 is 15.9 Å². The van der Waals surface area contributed by atoms with E-state index in [1.54, 1.807) is 24.3 Å². The third kappa shape index (κ3) is 3.67. The number of aliphatic imine (C=N–C) groups is 1. The third-order valence-corrected chi connectivity index (χ3v) is 2.35. The monoisotopic (exact) mass is 299 g/mol. The summed E-state index contributed by atoms with van der Waals surface area (Å²) in [7, 11) is 2.34. The van der Waals surface area contributed by atoms with Gasteiger partial charge in [0.1, 0.15) is 0 Å². The van der Waals surface area contributed by atoms with Gasteiger partial charge in [0, 0.05) is 4.47 Å². The van der Waals surface area contributed by atoms with E-state index < -0.39 is 17.7 Å². The topological polar surface area (TPSA) is 65.0 Å². The maximum atomic E-state index is 11.3. The van der Waals surface area contributed by atoms with E-state index in [-0.39, 0.29) is 0 Å². The minimum absolute atomic E-state index is 0.391. The van der Waals surface area contributed by atoms with Crippen molar-refractivity contribution < 1.29 is 19.1 Å². The number of carbonyl (C=O) groups excluding carboxylic acids is 2. The van der Waals surface area contributed by atoms with Crippen LogP contribution in [-0.4, -0.2) is 31.9 Å². The molecule has 0 heterocycles. The molecule has 1 aromatic carbocycles. The minimum Gasteiger partial charge on any atom is -0.464 e. The highest BCUT2D eigenvalue weighted by atomic mass is 79.9. The molecular formula is C11H10BrNO4. The lowest BCUT2D eigenvalue weighted by Crippen LogP contribution is -2.26. The average Bonchev–Trinajstić information content (AvgIpc) is 2.36. The second-order valence-corrected chi connectivity index (χ2v) is 3.84. The molecule has 17 heavy (non-hydrogen) atoms. The van der Waals surface area contributed by atoms with Gasteiger partial charge in [-0.1, -0.05) is 15.9 Å². The smallest absolute Gasteiger partial charge is 0.364 e. The van der Waals surface area contributed by atoms with E-state index >= 15 is 0 Å². The van der Waals surface area contributed by atoms with E-state index in [4.69, 9.17) is 0 Å². The minimum atomic E-state index is -0.834. The van der Waals surface area contributed by atoms with Crippen molar-refractivity contribution in [2.45, 2.75) is 0 Å². The van der Waals surface area contributed by atoms with E-state index in [9.17, 15) is 9.59 Å². The summed E-state index contributed by atoms with van der Waals surface area (Å²) in [6.45, 7) is 0. The summed E-state index contributed by atoms with van der Waals surface area (Å²) in [5.74, 6) is -1.67. The fraction of sp³-hybridized carbons (Fsp3) is 0.182. The van der Waals surface area contributed by atoms with Gasteiger partial charge in [-0.15, -0.1) is 0 Å². The van der Waals surface area contributed by atoms with Crippen LogP contribution < -0.4 is 0 Å². The van der Waals surface area contributed by atoms with Gasteiger partial charge in [-0.3, -0.25) is 0 Å².